The van der Waals surface area contributed by atoms with Gasteiger partial charge in [0.25, 0.3) is 5.91 Å². The van der Waals surface area contributed by atoms with Crippen LogP contribution in [-0.4, -0.2) is 20.8 Å². The summed E-state index contributed by atoms with van der Waals surface area (Å²) >= 11 is 0. The minimum atomic E-state index is -0.637. The van der Waals surface area contributed by atoms with E-state index in [9.17, 15) is 20.0 Å². The first kappa shape index (κ1) is 18.5. The summed E-state index contributed by atoms with van der Waals surface area (Å²) in [6.07, 6.45) is -0.613. The summed E-state index contributed by atoms with van der Waals surface area (Å²) in [5.74, 6) is -0.577. The molecule has 0 radical (unpaired) electrons. The second-order valence-electron chi connectivity index (χ2n) is 7.02. The molecule has 146 valence electrons. The van der Waals surface area contributed by atoms with Crippen molar-refractivity contribution in [3.63, 3.8) is 0 Å². The normalized spacial score (nSPS) is 15.6. The summed E-state index contributed by atoms with van der Waals surface area (Å²) in [6, 6.07) is 19.2. The zero-order valence-corrected chi connectivity index (χ0v) is 15.7. The maximum atomic E-state index is 13.3. The first-order valence-electron chi connectivity index (χ1n) is 9.13. The van der Waals surface area contributed by atoms with E-state index < -0.39 is 22.5 Å². The van der Waals surface area contributed by atoms with E-state index in [1.807, 2.05) is 37.3 Å². The second kappa shape index (κ2) is 7.27. The molecule has 7 nitrogen and oxygen atoms in total. The molecule has 1 amide bonds. The Morgan fingerprint density at radius 3 is 2.55 bits per heavy atom. The van der Waals surface area contributed by atoms with Crippen molar-refractivity contribution < 1.29 is 14.8 Å². The summed E-state index contributed by atoms with van der Waals surface area (Å²) in [6.45, 7) is 2.33. The van der Waals surface area contributed by atoms with Crippen LogP contribution in [0.15, 0.2) is 66.7 Å². The molecule has 0 saturated heterocycles. The SMILES string of the molecule is Cc1ccc(CN2C(=O)c3ccccc3N[C@H]2c2ccc(O)c([N+](=O)[O-])c2)cc1. The van der Waals surface area contributed by atoms with Crippen LogP contribution in [0.4, 0.5) is 11.4 Å². The third-order valence-electron chi connectivity index (χ3n) is 5.01. The third-order valence-corrected chi connectivity index (χ3v) is 5.01. The van der Waals surface area contributed by atoms with Gasteiger partial charge in [-0.3, -0.25) is 14.9 Å². The molecule has 2 N–H and O–H groups in total. The van der Waals surface area contributed by atoms with Crippen LogP contribution in [0, 0.1) is 17.0 Å². The van der Waals surface area contributed by atoms with E-state index in [1.165, 1.54) is 12.1 Å². The van der Waals surface area contributed by atoms with E-state index in [0.717, 1.165) is 11.1 Å². The molecule has 0 bridgehead atoms. The number of carbonyl (C=O) groups is 1. The van der Waals surface area contributed by atoms with E-state index in [-0.39, 0.29) is 5.91 Å². The van der Waals surface area contributed by atoms with Gasteiger partial charge in [-0.25, -0.2) is 0 Å². The van der Waals surface area contributed by atoms with Crippen LogP contribution >= 0.6 is 0 Å². The fourth-order valence-electron chi connectivity index (χ4n) is 3.47. The van der Waals surface area contributed by atoms with Crippen LogP contribution in [0.1, 0.15) is 33.2 Å². The highest BCUT2D eigenvalue weighted by Gasteiger charge is 2.33. The Morgan fingerprint density at radius 1 is 1.10 bits per heavy atom. The number of anilines is 1. The van der Waals surface area contributed by atoms with Crippen LogP contribution in [0.5, 0.6) is 5.75 Å². The van der Waals surface area contributed by atoms with E-state index in [1.54, 1.807) is 29.2 Å². The molecule has 7 heteroatoms. The Morgan fingerprint density at radius 2 is 1.83 bits per heavy atom. The van der Waals surface area contributed by atoms with Crippen molar-refractivity contribution in [3.05, 3.63) is 99.1 Å². The lowest BCUT2D eigenvalue weighted by molar-refractivity contribution is -0.385. The number of hydrogen-bond donors (Lipinski definition) is 2. The third kappa shape index (κ3) is 3.50. The highest BCUT2D eigenvalue weighted by Crippen LogP contribution is 2.37. The maximum Gasteiger partial charge on any atom is 0.311 e. The molecule has 3 aromatic rings. The van der Waals surface area contributed by atoms with Gasteiger partial charge in [-0.05, 0) is 30.7 Å². The second-order valence-corrected chi connectivity index (χ2v) is 7.02. The Kier molecular flexibility index (Phi) is 4.64. The monoisotopic (exact) mass is 389 g/mol. The molecule has 1 atom stereocenters. The van der Waals surface area contributed by atoms with Crippen molar-refractivity contribution in [2.45, 2.75) is 19.6 Å². The van der Waals surface area contributed by atoms with Gasteiger partial charge in [0, 0.05) is 23.9 Å². The summed E-state index contributed by atoms with van der Waals surface area (Å²) in [5.41, 5.74) is 3.40. The number of aromatic hydroxyl groups is 1. The zero-order chi connectivity index (χ0) is 20.5. The number of aryl methyl sites for hydroxylation is 1. The average Bonchev–Trinajstić information content (AvgIpc) is 2.72. The number of para-hydroxylation sites is 1. The zero-order valence-electron chi connectivity index (χ0n) is 15.7. The van der Waals surface area contributed by atoms with Crippen molar-refractivity contribution in [1.29, 1.82) is 0 Å². The molecule has 0 aromatic heterocycles. The van der Waals surface area contributed by atoms with Crippen molar-refractivity contribution >= 4 is 17.3 Å². The number of phenols is 1. The first-order valence-corrected chi connectivity index (χ1v) is 9.13. The number of carbonyl (C=O) groups excluding carboxylic acids is 1. The summed E-state index contributed by atoms with van der Waals surface area (Å²) in [4.78, 5) is 25.5. The van der Waals surface area contributed by atoms with Crippen LogP contribution in [0.3, 0.4) is 0 Å². The molecule has 1 aliphatic heterocycles. The van der Waals surface area contributed by atoms with E-state index in [2.05, 4.69) is 5.32 Å². The molecule has 1 heterocycles. The maximum absolute atomic E-state index is 13.3. The minimum Gasteiger partial charge on any atom is -0.502 e. The van der Waals surface area contributed by atoms with Crippen LogP contribution in [-0.2, 0) is 6.54 Å². The summed E-state index contributed by atoms with van der Waals surface area (Å²) in [7, 11) is 0. The van der Waals surface area contributed by atoms with Gasteiger partial charge >= 0.3 is 5.69 Å². The van der Waals surface area contributed by atoms with Gasteiger partial charge in [0.15, 0.2) is 5.75 Å². The van der Waals surface area contributed by atoms with Gasteiger partial charge in [-0.1, -0.05) is 48.0 Å². The van der Waals surface area contributed by atoms with Crippen LogP contribution in [0.2, 0.25) is 0 Å². The van der Waals surface area contributed by atoms with Gasteiger partial charge in [-0.15, -0.1) is 0 Å². The smallest absolute Gasteiger partial charge is 0.311 e. The number of fused-ring (bicyclic) bond motifs is 1. The highest BCUT2D eigenvalue weighted by atomic mass is 16.6. The average molecular weight is 389 g/mol. The Bertz CT molecular complexity index is 1100. The lowest BCUT2D eigenvalue weighted by Gasteiger charge is -2.38. The number of rotatable bonds is 4. The number of nitrogens with one attached hydrogen (secondary N) is 1. The molecule has 1 aliphatic rings. The molecule has 0 aliphatic carbocycles. The number of nitro benzene ring substituents is 1. The van der Waals surface area contributed by atoms with E-state index >= 15 is 0 Å². The fourth-order valence-corrected chi connectivity index (χ4v) is 3.47. The molecule has 29 heavy (non-hydrogen) atoms. The molecule has 0 spiro atoms. The van der Waals surface area contributed by atoms with Gasteiger partial charge in [-0.2, -0.15) is 0 Å². The van der Waals surface area contributed by atoms with Gasteiger partial charge in [0.2, 0.25) is 0 Å². The molecular formula is C22H19N3O4. The standard InChI is InChI=1S/C22H19N3O4/c1-14-6-8-15(9-7-14)13-24-21(16-10-11-20(26)19(12-16)25(28)29)23-18-5-3-2-4-17(18)22(24)27/h2-12,21,23,26H,13H2,1H3/t21-/m1/s1. The van der Waals surface area contributed by atoms with Crippen LogP contribution < -0.4 is 5.32 Å². The number of phenolic OH excluding ortho intramolecular Hbond substituents is 1. The molecule has 3 aromatic carbocycles. The van der Waals surface area contributed by atoms with Gasteiger partial charge in [0.05, 0.1) is 10.5 Å². The number of benzene rings is 3. The number of nitrogens with zero attached hydrogens (tertiary/aromatic N) is 2. The number of hydrogen-bond acceptors (Lipinski definition) is 5. The summed E-state index contributed by atoms with van der Waals surface area (Å²) < 4.78 is 0. The van der Waals surface area contributed by atoms with Crippen molar-refractivity contribution in [1.82, 2.24) is 4.90 Å². The number of amides is 1. The molecule has 4 rings (SSSR count). The largest absolute Gasteiger partial charge is 0.502 e. The molecule has 0 unspecified atom stereocenters. The Labute approximate surface area is 167 Å². The summed E-state index contributed by atoms with van der Waals surface area (Å²) in [5, 5.41) is 24.4. The predicted molar refractivity (Wildman–Crippen MR) is 109 cm³/mol. The lowest BCUT2D eigenvalue weighted by Crippen LogP contribution is -2.42. The first-order chi connectivity index (χ1) is 13.9. The highest BCUT2D eigenvalue weighted by molar-refractivity contribution is 6.01. The van der Waals surface area contributed by atoms with Gasteiger partial charge < -0.3 is 15.3 Å². The molecule has 0 saturated carbocycles. The quantitative estimate of drug-likeness (QED) is 0.510. The van der Waals surface area contributed by atoms with Crippen molar-refractivity contribution in [2.24, 2.45) is 0 Å². The topological polar surface area (TPSA) is 95.7 Å². The predicted octanol–water partition coefficient (Wildman–Crippen LogP) is 4.38. The van der Waals surface area contributed by atoms with Gasteiger partial charge in [0.1, 0.15) is 6.17 Å². The minimum absolute atomic E-state index is 0.166. The lowest BCUT2D eigenvalue weighted by atomic mass is 10.0. The van der Waals surface area contributed by atoms with Crippen molar-refractivity contribution in [2.75, 3.05) is 5.32 Å². The molecule has 0 fully saturated rings. The fraction of sp³-hybridized carbons (Fsp3) is 0.136. The number of nitro groups is 1. The van der Waals surface area contributed by atoms with Crippen molar-refractivity contribution in [3.8, 4) is 5.75 Å². The van der Waals surface area contributed by atoms with Crippen LogP contribution in [0.25, 0.3) is 0 Å². The van der Waals surface area contributed by atoms with E-state index in [0.29, 0.717) is 23.4 Å². The Balaban J connectivity index is 1.78. The Hall–Kier alpha value is -3.87. The van der Waals surface area contributed by atoms with E-state index in [4.69, 9.17) is 0 Å². The molecular weight excluding hydrogens is 370 g/mol.